The van der Waals surface area contributed by atoms with Crippen molar-refractivity contribution in [2.24, 2.45) is 45.3 Å². The third-order valence-corrected chi connectivity index (χ3v) is 20.1. The van der Waals surface area contributed by atoms with Gasteiger partial charge in [-0.2, -0.15) is 0 Å². The highest BCUT2D eigenvalue weighted by molar-refractivity contribution is 5.93. The van der Waals surface area contributed by atoms with Crippen LogP contribution in [0.5, 0.6) is 11.5 Å². The van der Waals surface area contributed by atoms with Gasteiger partial charge in [-0.3, -0.25) is 9.59 Å². The molecule has 0 bridgehead atoms. The molecule has 6 fully saturated rings. The first-order valence-electron chi connectivity index (χ1n) is 26.1. The molecule has 4 saturated carbocycles. The van der Waals surface area contributed by atoms with Crippen LogP contribution >= 0.6 is 0 Å². The summed E-state index contributed by atoms with van der Waals surface area (Å²) in [6.45, 7) is 5.29. The van der Waals surface area contributed by atoms with Crippen LogP contribution < -0.4 is 15.4 Å². The maximum Gasteiger partial charge on any atom is 0.332 e. The molecule has 1 aromatic rings. The van der Waals surface area contributed by atoms with Gasteiger partial charge in [0.15, 0.2) is 11.5 Å². The molecule has 5 N–H and O–H groups in total. The first-order valence-corrected chi connectivity index (χ1v) is 26.1. The largest absolute Gasteiger partial charge is 0.504 e. The van der Waals surface area contributed by atoms with Gasteiger partial charge in [0.1, 0.15) is 17.7 Å². The van der Waals surface area contributed by atoms with Gasteiger partial charge in [-0.15, -0.1) is 5.92 Å². The minimum absolute atomic E-state index is 0.00276. The van der Waals surface area contributed by atoms with Gasteiger partial charge >= 0.3 is 11.9 Å². The second kappa shape index (κ2) is 17.6. The van der Waals surface area contributed by atoms with E-state index in [1.54, 1.807) is 6.07 Å². The number of phenolic OH excluding ortho intramolecular Hbond substituents is 1. The van der Waals surface area contributed by atoms with Gasteiger partial charge in [0, 0.05) is 65.9 Å². The van der Waals surface area contributed by atoms with Gasteiger partial charge in [-0.1, -0.05) is 63.4 Å². The molecule has 3 aliphatic heterocycles. The smallest absolute Gasteiger partial charge is 0.332 e. The van der Waals surface area contributed by atoms with Crippen molar-refractivity contribution in [2.75, 3.05) is 26.3 Å². The van der Waals surface area contributed by atoms with Crippen molar-refractivity contribution in [2.45, 2.75) is 197 Å². The fourth-order valence-electron chi connectivity index (χ4n) is 16.8. The number of aromatic hydroxyl groups is 1. The molecule has 11 heteroatoms. The normalized spacial score (nSPS) is 36.9. The number of aliphatic hydroxyl groups excluding tert-OH is 2. The van der Waals surface area contributed by atoms with Crippen molar-refractivity contribution in [3.8, 4) is 23.3 Å². The van der Waals surface area contributed by atoms with Crippen LogP contribution in [-0.4, -0.2) is 83.3 Å². The first-order chi connectivity index (χ1) is 31.4. The van der Waals surface area contributed by atoms with Crippen LogP contribution in [-0.2, 0) is 23.9 Å². The lowest BCUT2D eigenvalue weighted by molar-refractivity contribution is -0.184. The summed E-state index contributed by atoms with van der Waals surface area (Å²) in [5.74, 6) is 7.22. The highest BCUT2D eigenvalue weighted by Gasteiger charge is 2.63. The van der Waals surface area contributed by atoms with Gasteiger partial charge in [0.25, 0.3) is 0 Å². The Morgan fingerprint density at radius 3 is 2.31 bits per heavy atom. The lowest BCUT2D eigenvalue weighted by Crippen LogP contribution is -2.69. The van der Waals surface area contributed by atoms with E-state index in [1.807, 2.05) is 6.92 Å². The molecule has 356 valence electrons. The van der Waals surface area contributed by atoms with E-state index in [4.69, 9.17) is 14.2 Å². The number of hydrogen-bond acceptors (Lipinski definition) is 10. The zero-order valence-corrected chi connectivity index (χ0v) is 39.2. The molecule has 0 radical (unpaired) electrons. The summed E-state index contributed by atoms with van der Waals surface area (Å²) in [6, 6.07) is 3.85. The molecule has 1 amide bonds. The number of hydrogen-bond donors (Lipinski definition) is 5. The molecular weight excluding hydrogens is 821 g/mol. The molecule has 10 rings (SSSR count). The Morgan fingerprint density at radius 1 is 0.892 bits per heavy atom. The van der Waals surface area contributed by atoms with Crippen molar-refractivity contribution in [3.05, 3.63) is 23.3 Å². The van der Waals surface area contributed by atoms with Crippen molar-refractivity contribution >= 4 is 17.8 Å². The maximum atomic E-state index is 15.7. The fourth-order valence-corrected chi connectivity index (χ4v) is 16.8. The number of esters is 2. The number of rotatable bonds is 7. The first kappa shape index (κ1) is 45.5. The quantitative estimate of drug-likeness (QED) is 0.134. The Balaban J connectivity index is 1.14. The Bertz CT molecular complexity index is 2030. The summed E-state index contributed by atoms with van der Waals surface area (Å²) in [4.78, 5) is 43.4. The van der Waals surface area contributed by atoms with Crippen LogP contribution in [0.25, 0.3) is 0 Å². The summed E-state index contributed by atoms with van der Waals surface area (Å²) in [6.07, 6.45) is 17.1. The third-order valence-electron chi connectivity index (χ3n) is 20.1. The SMILES string of the molecule is CC(=O)O[C@@H]1C[C@H](C2([C@H](C)O)CCCC2)CC#C[C@@H]2C[C@@H]3c4c(ccc(O)c4OC[C@H]3C3(CO)CCCC3)[C@@H]2C2(CCNCC2)[C@H](OC(=O)[C@@]23CCCC[C@@H]2CC2(CCCC2)C(=O)N3)C1. The standard InChI is InChI=1S/C54H76N2O9/c1-34(58)52(21-9-10-22-52)37-14-11-12-36-28-41-42(51(33-57)19-7-8-20-51)32-63-47-43(60)16-15-40(45(41)47)46(36)53(24-26-55-27-25-53)44(30-39(29-37)64-35(2)59)65-49(62)54-23-4-3-13-38(54)31-50(48(61)56-54)17-5-6-18-50/h15-16,34,36-39,41-42,44,46,55,57-58,60H,3-10,13-14,17-33H2,1-2H3,(H,56,61)/t34-,36+,37+,38+,39+,41-,42+,44+,46+,54+/m0/s1. The minimum atomic E-state index is -1.13. The Hall–Kier alpha value is -3.33. The van der Waals surface area contributed by atoms with E-state index >= 15 is 4.79 Å². The van der Waals surface area contributed by atoms with Crippen LogP contribution in [0, 0.1) is 57.2 Å². The van der Waals surface area contributed by atoms with Crippen molar-refractivity contribution < 1.29 is 43.9 Å². The van der Waals surface area contributed by atoms with E-state index in [9.17, 15) is 24.9 Å². The Kier molecular flexibility index (Phi) is 12.3. The average Bonchev–Trinajstić information content (AvgIpc) is 4.10. The van der Waals surface area contributed by atoms with Crippen LogP contribution in [0.3, 0.4) is 0 Å². The van der Waals surface area contributed by atoms with E-state index in [0.29, 0.717) is 64.0 Å². The highest BCUT2D eigenvalue weighted by Crippen LogP contribution is 2.65. The molecular formula is C54H76N2O9. The number of fused-ring (bicyclic) bond motifs is 4. The molecule has 0 aromatic heterocycles. The molecule has 65 heavy (non-hydrogen) atoms. The van der Waals surface area contributed by atoms with Crippen molar-refractivity contribution in [1.29, 1.82) is 0 Å². The number of ether oxygens (including phenoxy) is 3. The number of phenols is 1. The fraction of sp³-hybridized carbons (Fsp3) is 0.796. The second-order valence-corrected chi connectivity index (χ2v) is 23.0. The van der Waals surface area contributed by atoms with Crippen LogP contribution in [0.15, 0.2) is 12.1 Å². The lowest BCUT2D eigenvalue weighted by atomic mass is 9.51. The van der Waals surface area contributed by atoms with Gasteiger partial charge < -0.3 is 40.2 Å². The summed E-state index contributed by atoms with van der Waals surface area (Å²) >= 11 is 0. The van der Waals surface area contributed by atoms with Crippen molar-refractivity contribution in [3.63, 3.8) is 0 Å². The molecule has 9 aliphatic rings. The molecule has 2 saturated heterocycles. The van der Waals surface area contributed by atoms with Gasteiger partial charge in [0.2, 0.25) is 5.91 Å². The number of benzene rings is 1. The lowest BCUT2D eigenvalue weighted by Gasteiger charge is -2.56. The summed E-state index contributed by atoms with van der Waals surface area (Å²) < 4.78 is 20.4. The van der Waals surface area contributed by atoms with Crippen LogP contribution in [0.4, 0.5) is 0 Å². The van der Waals surface area contributed by atoms with E-state index < -0.39 is 34.7 Å². The molecule has 11 nitrogen and oxygen atoms in total. The monoisotopic (exact) mass is 897 g/mol. The second-order valence-electron chi connectivity index (χ2n) is 23.0. The maximum absolute atomic E-state index is 15.7. The zero-order chi connectivity index (χ0) is 45.2. The van der Waals surface area contributed by atoms with Gasteiger partial charge in [-0.25, -0.2) is 4.79 Å². The molecule has 2 spiro atoms. The predicted octanol–water partition coefficient (Wildman–Crippen LogP) is 8.11. The van der Waals surface area contributed by atoms with Gasteiger partial charge in [0.05, 0.1) is 12.7 Å². The van der Waals surface area contributed by atoms with E-state index in [-0.39, 0.29) is 83.0 Å². The third kappa shape index (κ3) is 7.52. The number of carbonyl (C=O) groups is 3. The highest BCUT2D eigenvalue weighted by atomic mass is 16.6. The van der Waals surface area contributed by atoms with E-state index in [1.165, 1.54) is 6.92 Å². The molecule has 10 atom stereocenters. The molecule has 3 heterocycles. The summed E-state index contributed by atoms with van der Waals surface area (Å²) in [5.41, 5.74) is -0.794. The van der Waals surface area contributed by atoms with Gasteiger partial charge in [-0.05, 0) is 138 Å². The number of amides is 1. The number of carbonyl (C=O) groups excluding carboxylic acids is 3. The van der Waals surface area contributed by atoms with E-state index in [2.05, 4.69) is 28.5 Å². The Labute approximate surface area is 386 Å². The topological polar surface area (TPSA) is 164 Å². The van der Waals surface area contributed by atoms with Crippen LogP contribution in [0.2, 0.25) is 0 Å². The molecule has 6 aliphatic carbocycles. The average molecular weight is 897 g/mol. The number of aliphatic hydroxyl groups is 2. The Morgan fingerprint density at radius 2 is 1.60 bits per heavy atom. The molecule has 1 aromatic carbocycles. The predicted molar refractivity (Wildman–Crippen MR) is 245 cm³/mol. The summed E-state index contributed by atoms with van der Waals surface area (Å²) in [7, 11) is 0. The number of nitrogens with one attached hydrogen (secondary N) is 2. The summed E-state index contributed by atoms with van der Waals surface area (Å²) in [5, 5.41) is 41.5. The van der Waals surface area contributed by atoms with Crippen LogP contribution in [0.1, 0.15) is 184 Å². The molecule has 0 unspecified atom stereocenters. The van der Waals surface area contributed by atoms with Crippen molar-refractivity contribution in [1.82, 2.24) is 10.6 Å². The minimum Gasteiger partial charge on any atom is -0.504 e. The number of piperidine rings is 2. The zero-order valence-electron chi connectivity index (χ0n) is 39.2. The van der Waals surface area contributed by atoms with E-state index in [0.717, 1.165) is 114 Å².